The molecule has 5 heteroatoms. The molecule has 0 saturated carbocycles. The molecule has 0 saturated heterocycles. The number of carbonyl (C=O) groups is 1. The number of alkyl carbamates (subject to hydrolysis) is 1. The second-order valence-electron chi connectivity index (χ2n) is 3.06. The van der Waals surface area contributed by atoms with Gasteiger partial charge in [0.25, 0.3) is 0 Å². The number of benzene rings is 1. The van der Waals surface area contributed by atoms with Crippen molar-refractivity contribution in [2.45, 2.75) is 12.6 Å². The Kier molecular flexibility index (Phi) is 5.01. The number of rotatable bonds is 5. The van der Waals surface area contributed by atoms with Crippen molar-refractivity contribution in [3.63, 3.8) is 0 Å². The van der Waals surface area contributed by atoms with E-state index in [-0.39, 0.29) is 6.61 Å². The summed E-state index contributed by atoms with van der Waals surface area (Å²) in [7, 11) is 0. The van der Waals surface area contributed by atoms with Gasteiger partial charge in [0, 0.05) is 0 Å². The van der Waals surface area contributed by atoms with Gasteiger partial charge >= 0.3 is 6.09 Å². The molecular weight excluding hydrogens is 210 g/mol. The van der Waals surface area contributed by atoms with Crippen LogP contribution in [0.25, 0.3) is 0 Å². The highest BCUT2D eigenvalue weighted by Gasteiger charge is 2.11. The number of ether oxygens (including phenoxy) is 1. The second kappa shape index (κ2) is 6.58. The number of aliphatic hydroxyl groups is 1. The van der Waals surface area contributed by atoms with Crippen molar-refractivity contribution >= 4 is 12.4 Å². The van der Waals surface area contributed by atoms with Gasteiger partial charge < -0.3 is 15.2 Å². The molecule has 0 aliphatic heterocycles. The Morgan fingerprint density at radius 1 is 1.44 bits per heavy atom. The minimum atomic E-state index is -1.04. The van der Waals surface area contributed by atoms with Crippen molar-refractivity contribution in [1.82, 2.24) is 5.32 Å². The van der Waals surface area contributed by atoms with E-state index in [1.807, 2.05) is 30.3 Å². The second-order valence-corrected chi connectivity index (χ2v) is 3.06. The topological polar surface area (TPSA) is 75.6 Å². The molecule has 1 rings (SSSR count). The van der Waals surface area contributed by atoms with Crippen molar-refractivity contribution in [3.8, 4) is 0 Å². The largest absolute Gasteiger partial charge is 0.445 e. The molecule has 0 bridgehead atoms. The van der Waals surface area contributed by atoms with Crippen molar-refractivity contribution in [2.24, 2.45) is 0 Å². The molecule has 0 unspecified atom stereocenters. The van der Waals surface area contributed by atoms with Crippen LogP contribution in [0.5, 0.6) is 0 Å². The molecule has 0 heterocycles. The van der Waals surface area contributed by atoms with E-state index in [2.05, 4.69) is 5.32 Å². The van der Waals surface area contributed by atoms with Crippen LogP contribution in [0.1, 0.15) is 5.56 Å². The van der Waals surface area contributed by atoms with Crippen LogP contribution < -0.4 is 5.32 Å². The van der Waals surface area contributed by atoms with Crippen LogP contribution in [0.2, 0.25) is 0 Å². The summed E-state index contributed by atoms with van der Waals surface area (Å²) in [4.78, 5) is 21.3. The molecule has 1 aromatic carbocycles. The molecule has 0 aliphatic carbocycles. The third-order valence-corrected chi connectivity index (χ3v) is 1.83. The van der Waals surface area contributed by atoms with Gasteiger partial charge in [-0.05, 0) is 5.56 Å². The number of nitrogens with one attached hydrogen (secondary N) is 1. The molecule has 1 atom stereocenters. The predicted octanol–water partition coefficient (Wildman–Crippen LogP) is 0.383. The Labute approximate surface area is 93.0 Å². The maximum absolute atomic E-state index is 11.1. The summed E-state index contributed by atoms with van der Waals surface area (Å²) in [5.41, 5.74) is 0.841. The summed E-state index contributed by atoms with van der Waals surface area (Å²) >= 11 is 0. The van der Waals surface area contributed by atoms with Crippen LogP contribution in [0.3, 0.4) is 0 Å². The third-order valence-electron chi connectivity index (χ3n) is 1.83. The quantitative estimate of drug-likeness (QED) is 0.755. The van der Waals surface area contributed by atoms with E-state index < -0.39 is 18.7 Å². The first kappa shape index (κ1) is 12.2. The fourth-order valence-corrected chi connectivity index (χ4v) is 1.02. The summed E-state index contributed by atoms with van der Waals surface area (Å²) in [6.45, 7) is -0.381. The van der Waals surface area contributed by atoms with Crippen LogP contribution >= 0.6 is 0 Å². The maximum atomic E-state index is 11.1. The van der Waals surface area contributed by atoms with Gasteiger partial charge in [-0.1, -0.05) is 30.3 Å². The number of carbonyl (C=O) groups excluding carboxylic acids is 2. The van der Waals surface area contributed by atoms with Gasteiger partial charge in [-0.25, -0.2) is 4.79 Å². The molecule has 1 radical (unpaired) electrons. The minimum Gasteiger partial charge on any atom is -0.445 e. The number of hydrogen-bond donors (Lipinski definition) is 2. The summed E-state index contributed by atoms with van der Waals surface area (Å²) in [5.74, 6) is 0. The van der Waals surface area contributed by atoms with Crippen LogP contribution in [0.15, 0.2) is 30.3 Å². The van der Waals surface area contributed by atoms with E-state index >= 15 is 0 Å². The molecule has 0 fully saturated rings. The monoisotopic (exact) mass is 222 g/mol. The Morgan fingerprint density at radius 3 is 2.69 bits per heavy atom. The predicted molar refractivity (Wildman–Crippen MR) is 56.3 cm³/mol. The average Bonchev–Trinajstić information content (AvgIpc) is 2.34. The van der Waals surface area contributed by atoms with Crippen molar-refractivity contribution in [2.75, 3.05) is 6.61 Å². The normalized spacial score (nSPS) is 11.6. The van der Waals surface area contributed by atoms with Gasteiger partial charge in [-0.15, -0.1) is 0 Å². The molecule has 16 heavy (non-hydrogen) atoms. The SMILES string of the molecule is O=[C][C@H](CO)NC(=O)OCc1ccccc1. The van der Waals surface area contributed by atoms with Crippen LogP contribution in [0.4, 0.5) is 4.79 Å². The fraction of sp³-hybridized carbons (Fsp3) is 0.273. The smallest absolute Gasteiger partial charge is 0.408 e. The number of amides is 1. The zero-order valence-electron chi connectivity index (χ0n) is 8.55. The molecule has 1 amide bonds. The highest BCUT2D eigenvalue weighted by molar-refractivity contribution is 5.73. The Morgan fingerprint density at radius 2 is 2.12 bits per heavy atom. The lowest BCUT2D eigenvalue weighted by molar-refractivity contribution is 0.133. The summed E-state index contributed by atoms with van der Waals surface area (Å²) in [6.07, 6.45) is 0.711. The fourth-order valence-electron chi connectivity index (χ4n) is 1.02. The molecule has 0 aromatic heterocycles. The highest BCUT2D eigenvalue weighted by Crippen LogP contribution is 2.00. The molecule has 85 valence electrons. The first-order valence-electron chi connectivity index (χ1n) is 4.72. The zero-order chi connectivity index (χ0) is 11.8. The lowest BCUT2D eigenvalue weighted by Crippen LogP contribution is -2.38. The van der Waals surface area contributed by atoms with Gasteiger partial charge in [0.15, 0.2) is 0 Å². The molecule has 0 aliphatic rings. The van der Waals surface area contributed by atoms with Crippen LogP contribution in [0, 0.1) is 0 Å². The van der Waals surface area contributed by atoms with E-state index in [9.17, 15) is 9.59 Å². The van der Waals surface area contributed by atoms with Gasteiger partial charge in [-0.2, -0.15) is 0 Å². The van der Waals surface area contributed by atoms with Crippen LogP contribution in [-0.2, 0) is 16.1 Å². The zero-order valence-corrected chi connectivity index (χ0v) is 8.55. The van der Waals surface area contributed by atoms with Gasteiger partial charge in [-0.3, -0.25) is 4.79 Å². The molecule has 2 N–H and O–H groups in total. The van der Waals surface area contributed by atoms with E-state index in [4.69, 9.17) is 9.84 Å². The lowest BCUT2D eigenvalue weighted by atomic mass is 10.2. The molecule has 5 nitrogen and oxygen atoms in total. The molecule has 0 spiro atoms. The third kappa shape index (κ3) is 4.10. The summed E-state index contributed by atoms with van der Waals surface area (Å²) in [5, 5.41) is 10.8. The van der Waals surface area contributed by atoms with Gasteiger partial charge in [0.2, 0.25) is 6.29 Å². The molecule has 1 aromatic rings. The number of hydrogen-bond acceptors (Lipinski definition) is 4. The average molecular weight is 222 g/mol. The maximum Gasteiger partial charge on any atom is 0.408 e. The summed E-state index contributed by atoms with van der Waals surface area (Å²) in [6, 6.07) is 8.08. The van der Waals surface area contributed by atoms with E-state index in [1.54, 1.807) is 0 Å². The van der Waals surface area contributed by atoms with Gasteiger partial charge in [0.05, 0.1) is 6.61 Å². The lowest BCUT2D eigenvalue weighted by Gasteiger charge is -2.09. The first-order valence-corrected chi connectivity index (χ1v) is 4.72. The van der Waals surface area contributed by atoms with E-state index in [0.29, 0.717) is 0 Å². The van der Waals surface area contributed by atoms with Gasteiger partial charge in [0.1, 0.15) is 12.6 Å². The highest BCUT2D eigenvalue weighted by atomic mass is 16.5. The first-order chi connectivity index (χ1) is 7.76. The summed E-state index contributed by atoms with van der Waals surface area (Å²) < 4.78 is 4.82. The van der Waals surface area contributed by atoms with Crippen molar-refractivity contribution < 1.29 is 19.4 Å². The van der Waals surface area contributed by atoms with E-state index in [0.717, 1.165) is 5.56 Å². The Bertz CT molecular complexity index is 339. The Hall–Kier alpha value is -1.88. The minimum absolute atomic E-state index is 0.115. The van der Waals surface area contributed by atoms with Crippen molar-refractivity contribution in [3.05, 3.63) is 35.9 Å². The Balaban J connectivity index is 2.33. The van der Waals surface area contributed by atoms with E-state index in [1.165, 1.54) is 6.29 Å². The van der Waals surface area contributed by atoms with Crippen molar-refractivity contribution in [1.29, 1.82) is 0 Å². The standard InChI is InChI=1S/C11H12NO4/c13-6-10(7-14)12-11(15)16-8-9-4-2-1-3-5-9/h1-5,10,13H,6,8H2,(H,12,15)/t10-/m0/s1. The molecular formula is C11H12NO4. The van der Waals surface area contributed by atoms with Crippen LogP contribution in [-0.4, -0.2) is 30.1 Å². The number of aliphatic hydroxyl groups excluding tert-OH is 1.